The van der Waals surface area contributed by atoms with Crippen LogP contribution in [-0.2, 0) is 14.9 Å². The third-order valence-electron chi connectivity index (χ3n) is 5.72. The number of benzene rings is 1. The van der Waals surface area contributed by atoms with Crippen LogP contribution in [0.25, 0.3) is 22.1 Å². The number of piperazine rings is 1. The minimum atomic E-state index is -3.52. The number of fused-ring (bicyclic) bond motifs is 3. The molecule has 0 saturated carbocycles. The molecule has 2 aromatic heterocycles. The highest BCUT2D eigenvalue weighted by molar-refractivity contribution is 7.86. The predicted molar refractivity (Wildman–Crippen MR) is 114 cm³/mol. The van der Waals surface area contributed by atoms with E-state index >= 15 is 0 Å². The number of morpholine rings is 1. The molecule has 30 heavy (non-hydrogen) atoms. The summed E-state index contributed by atoms with van der Waals surface area (Å²) in [6.07, 6.45) is 1.33. The predicted octanol–water partition coefficient (Wildman–Crippen LogP) is 1.85. The Morgan fingerprint density at radius 3 is 2.40 bits per heavy atom. The Hall–Kier alpha value is -2.27. The monoisotopic (exact) mass is 431 g/mol. The lowest BCUT2D eigenvalue weighted by Gasteiger charge is -2.40. The summed E-state index contributed by atoms with van der Waals surface area (Å²) in [5.41, 5.74) is 2.19. The average Bonchev–Trinajstić information content (AvgIpc) is 3.12. The van der Waals surface area contributed by atoms with Crippen LogP contribution in [0.1, 0.15) is 13.8 Å². The van der Waals surface area contributed by atoms with E-state index in [-0.39, 0.29) is 12.2 Å². The number of ether oxygens (including phenoxy) is 1. The van der Waals surface area contributed by atoms with Crippen LogP contribution >= 0.6 is 0 Å². The van der Waals surface area contributed by atoms with Crippen molar-refractivity contribution < 1.29 is 17.6 Å². The Balaban J connectivity index is 1.36. The zero-order valence-electron chi connectivity index (χ0n) is 17.1. The number of rotatable bonds is 3. The maximum absolute atomic E-state index is 13.1. The van der Waals surface area contributed by atoms with E-state index in [0.29, 0.717) is 50.7 Å². The first kappa shape index (κ1) is 19.7. The van der Waals surface area contributed by atoms with Gasteiger partial charge in [-0.2, -0.15) is 17.0 Å². The molecule has 0 aliphatic carbocycles. The first-order valence-electron chi connectivity index (χ1n) is 10.2. The van der Waals surface area contributed by atoms with Gasteiger partial charge in [0.25, 0.3) is 10.2 Å². The zero-order chi connectivity index (χ0) is 20.9. The molecular formula is C20H25N5O4S. The highest BCUT2D eigenvalue weighted by Crippen LogP contribution is 2.32. The second-order valence-electron chi connectivity index (χ2n) is 7.94. The van der Waals surface area contributed by atoms with Gasteiger partial charge in [-0.25, -0.2) is 9.97 Å². The molecule has 3 aromatic rings. The Morgan fingerprint density at radius 2 is 1.67 bits per heavy atom. The molecule has 0 spiro atoms. The van der Waals surface area contributed by atoms with Gasteiger partial charge in [0, 0.05) is 44.7 Å². The number of para-hydroxylation sites is 1. The maximum atomic E-state index is 13.1. The molecule has 0 bridgehead atoms. The minimum absolute atomic E-state index is 0.104. The molecule has 2 aliphatic rings. The Labute approximate surface area is 175 Å². The van der Waals surface area contributed by atoms with E-state index < -0.39 is 10.2 Å². The Morgan fingerprint density at radius 1 is 0.967 bits per heavy atom. The molecule has 160 valence electrons. The molecule has 0 N–H and O–H groups in total. The van der Waals surface area contributed by atoms with Crippen molar-refractivity contribution in [3.05, 3.63) is 30.6 Å². The third-order valence-corrected chi connectivity index (χ3v) is 7.68. The van der Waals surface area contributed by atoms with Crippen LogP contribution in [0.3, 0.4) is 0 Å². The first-order valence-corrected chi connectivity index (χ1v) is 11.6. The van der Waals surface area contributed by atoms with Crippen LogP contribution in [0.4, 0.5) is 5.82 Å². The lowest BCUT2D eigenvalue weighted by Crippen LogP contribution is -2.57. The van der Waals surface area contributed by atoms with E-state index in [1.807, 2.05) is 38.1 Å². The summed E-state index contributed by atoms with van der Waals surface area (Å²) in [5, 5.41) is 0.952. The number of hydrogen-bond acceptors (Lipinski definition) is 7. The third kappa shape index (κ3) is 3.33. The fraction of sp³-hybridized carbons (Fsp3) is 0.500. The fourth-order valence-corrected chi connectivity index (χ4v) is 6.10. The normalized spacial score (nSPS) is 24.7. The van der Waals surface area contributed by atoms with Crippen molar-refractivity contribution in [1.82, 2.24) is 18.6 Å². The van der Waals surface area contributed by atoms with Crippen LogP contribution in [0.15, 0.2) is 35.0 Å². The molecule has 10 heteroatoms. The number of nitrogens with zero attached hydrogens (tertiary/aromatic N) is 5. The second-order valence-corrected chi connectivity index (χ2v) is 9.87. The Bertz CT molecular complexity index is 1160. The average molecular weight is 432 g/mol. The highest BCUT2D eigenvalue weighted by atomic mass is 32.2. The van der Waals surface area contributed by atoms with Gasteiger partial charge in [0.1, 0.15) is 17.4 Å². The summed E-state index contributed by atoms with van der Waals surface area (Å²) in [6, 6.07) is 7.77. The van der Waals surface area contributed by atoms with Gasteiger partial charge in [-0.15, -0.1) is 0 Å². The molecule has 4 heterocycles. The topological polar surface area (TPSA) is 92.0 Å². The molecule has 9 nitrogen and oxygen atoms in total. The van der Waals surface area contributed by atoms with Crippen LogP contribution < -0.4 is 4.90 Å². The molecular weight excluding hydrogens is 406 g/mol. The smallest absolute Gasteiger partial charge is 0.282 e. The molecule has 2 atom stereocenters. The van der Waals surface area contributed by atoms with Crippen LogP contribution in [0.5, 0.6) is 0 Å². The molecule has 0 radical (unpaired) electrons. The standard InChI is InChI=1S/C20H25N5O4S/c1-14-11-25(12-15(2)28-14)30(26,27)24-9-7-23(8-10-24)20-19-18(21-13-22-20)16-5-3-4-6-17(16)29-19/h3-6,13-15H,7-12H2,1-2H3/t14-,15-/m0/s1. The summed E-state index contributed by atoms with van der Waals surface area (Å²) >= 11 is 0. The molecule has 2 fully saturated rings. The second kappa shape index (κ2) is 7.45. The van der Waals surface area contributed by atoms with Crippen LogP contribution in [-0.4, -0.2) is 78.5 Å². The van der Waals surface area contributed by atoms with Gasteiger partial charge in [-0.1, -0.05) is 12.1 Å². The van der Waals surface area contributed by atoms with Crippen LogP contribution in [0.2, 0.25) is 0 Å². The van der Waals surface area contributed by atoms with E-state index in [2.05, 4.69) is 14.9 Å². The summed E-state index contributed by atoms with van der Waals surface area (Å²) in [5.74, 6) is 0.710. The summed E-state index contributed by atoms with van der Waals surface area (Å²) in [4.78, 5) is 10.9. The van der Waals surface area contributed by atoms with E-state index in [9.17, 15) is 8.42 Å². The number of furan rings is 1. The summed E-state index contributed by atoms with van der Waals surface area (Å²) in [6.45, 7) is 6.46. The van der Waals surface area contributed by atoms with Crippen molar-refractivity contribution in [2.75, 3.05) is 44.2 Å². The zero-order valence-corrected chi connectivity index (χ0v) is 17.9. The summed E-state index contributed by atoms with van der Waals surface area (Å²) in [7, 11) is -3.52. The quantitative estimate of drug-likeness (QED) is 0.625. The van der Waals surface area contributed by atoms with Gasteiger partial charge in [-0.3, -0.25) is 0 Å². The molecule has 1 aromatic carbocycles. The number of hydrogen-bond donors (Lipinski definition) is 0. The highest BCUT2D eigenvalue weighted by Gasteiger charge is 2.37. The van der Waals surface area contributed by atoms with Crippen molar-refractivity contribution in [2.24, 2.45) is 0 Å². The molecule has 2 saturated heterocycles. The largest absolute Gasteiger partial charge is 0.450 e. The number of aromatic nitrogens is 2. The van der Waals surface area contributed by atoms with Gasteiger partial charge in [0.15, 0.2) is 11.4 Å². The van der Waals surface area contributed by atoms with Gasteiger partial charge in [0.2, 0.25) is 0 Å². The lowest BCUT2D eigenvalue weighted by atomic mass is 10.2. The Kier molecular flexibility index (Phi) is 4.89. The van der Waals surface area contributed by atoms with E-state index in [1.165, 1.54) is 0 Å². The fourth-order valence-electron chi connectivity index (χ4n) is 4.35. The van der Waals surface area contributed by atoms with Crippen LogP contribution in [0, 0.1) is 0 Å². The van der Waals surface area contributed by atoms with E-state index in [1.54, 1.807) is 14.9 Å². The van der Waals surface area contributed by atoms with Crippen molar-refractivity contribution in [3.63, 3.8) is 0 Å². The van der Waals surface area contributed by atoms with Gasteiger partial charge in [-0.05, 0) is 26.0 Å². The molecule has 0 amide bonds. The molecule has 5 rings (SSSR count). The van der Waals surface area contributed by atoms with Gasteiger partial charge < -0.3 is 14.1 Å². The van der Waals surface area contributed by atoms with Crippen molar-refractivity contribution in [1.29, 1.82) is 0 Å². The van der Waals surface area contributed by atoms with Crippen molar-refractivity contribution in [2.45, 2.75) is 26.1 Å². The summed E-state index contributed by atoms with van der Waals surface area (Å²) < 4.78 is 41.1. The maximum Gasteiger partial charge on any atom is 0.282 e. The van der Waals surface area contributed by atoms with E-state index in [4.69, 9.17) is 9.15 Å². The first-order chi connectivity index (χ1) is 14.4. The van der Waals surface area contributed by atoms with Gasteiger partial charge >= 0.3 is 0 Å². The molecule has 2 aliphatic heterocycles. The van der Waals surface area contributed by atoms with Crippen molar-refractivity contribution in [3.8, 4) is 0 Å². The molecule has 0 unspecified atom stereocenters. The lowest BCUT2D eigenvalue weighted by molar-refractivity contribution is -0.0455. The van der Waals surface area contributed by atoms with Gasteiger partial charge in [0.05, 0.1) is 12.2 Å². The van der Waals surface area contributed by atoms with Crippen molar-refractivity contribution >= 4 is 38.1 Å². The van der Waals surface area contributed by atoms with E-state index in [0.717, 1.165) is 16.5 Å². The minimum Gasteiger partial charge on any atom is -0.450 e. The SMILES string of the molecule is C[C@H]1CN(S(=O)(=O)N2CCN(c3ncnc4c3oc3ccccc34)CC2)C[C@H](C)O1. The number of anilines is 1.